The molecule has 0 aliphatic heterocycles. The van der Waals surface area contributed by atoms with Crippen LogP contribution in [-0.2, 0) is 28.6 Å². The topological polar surface area (TPSA) is 119 Å². The minimum absolute atomic E-state index is 0.113. The molecule has 8 heteroatoms. The maximum Gasteiger partial charge on any atom is 0.306 e. The van der Waals surface area contributed by atoms with Crippen LogP contribution in [0.4, 0.5) is 0 Å². The average molecular weight is 915 g/mol. The van der Waals surface area contributed by atoms with E-state index in [1.807, 2.05) is 6.08 Å². The molecule has 0 spiro atoms. The molecule has 3 atom stereocenters. The molecule has 0 saturated carbocycles. The third-order valence-electron chi connectivity index (χ3n) is 12.0. The van der Waals surface area contributed by atoms with E-state index in [0.29, 0.717) is 25.7 Å². The number of unbranched alkanes of at least 4 members (excludes halogenated alkanes) is 26. The summed E-state index contributed by atoms with van der Waals surface area (Å²) in [5.74, 6) is -0.998. The van der Waals surface area contributed by atoms with Gasteiger partial charge in [0, 0.05) is 19.3 Å². The Labute approximate surface area is 400 Å². The quantitative estimate of drug-likeness (QED) is 0.0268. The van der Waals surface area contributed by atoms with E-state index < -0.39 is 18.3 Å². The first kappa shape index (κ1) is 62.3. The highest BCUT2D eigenvalue weighted by atomic mass is 16.6. The summed E-state index contributed by atoms with van der Waals surface area (Å²) in [6.07, 6.45) is 54.1. The van der Waals surface area contributed by atoms with Crippen LogP contribution in [0, 0.1) is 0 Å². The number of aliphatic hydroxyl groups excluding tert-OH is 2. The van der Waals surface area contributed by atoms with Gasteiger partial charge in [-0.05, 0) is 103 Å². The van der Waals surface area contributed by atoms with Crippen LogP contribution in [0.1, 0.15) is 265 Å². The monoisotopic (exact) mass is 915 g/mol. The molecule has 0 bridgehead atoms. The summed E-state index contributed by atoms with van der Waals surface area (Å²) in [5, 5.41) is 20.2. The Bertz CT molecular complexity index is 1180. The standard InChI is InChI=1S/C57H102O8/c1-4-7-10-12-14-16-18-20-22-24-26-28-33-37-42-47-55(60)63-50-52(65-57(62)49-44-39-35-29-27-25-23-21-19-17-15-13-11-8-5-2)51-64-56(61)48-43-38-34-31-30-32-36-41-46-54(59)53(58)45-40-9-6-3/h15,17,20-23,36,41,52-54,58-59H,4-14,16,18-19,24-35,37-40,42-51H2,1-3H3. The average Bonchev–Trinajstić information content (AvgIpc) is 3.30. The second-order valence-corrected chi connectivity index (χ2v) is 18.4. The number of esters is 3. The summed E-state index contributed by atoms with van der Waals surface area (Å²) in [7, 11) is 0. The van der Waals surface area contributed by atoms with Gasteiger partial charge in [-0.25, -0.2) is 0 Å². The Hall–Kier alpha value is -2.71. The van der Waals surface area contributed by atoms with Gasteiger partial charge in [0.25, 0.3) is 0 Å². The summed E-state index contributed by atoms with van der Waals surface area (Å²) < 4.78 is 16.8. The predicted molar refractivity (Wildman–Crippen MR) is 273 cm³/mol. The number of carbonyl (C=O) groups is 3. The SMILES string of the molecule is CCCCCC=CCC=CCCCCCCCC(=O)OC(COC(=O)CCCCCCCC=CCCCCCCCC)COC(=O)CCCCCCCC=CCC(O)C(O)CCCCC. The smallest absolute Gasteiger partial charge is 0.306 e. The zero-order valence-electron chi connectivity index (χ0n) is 42.5. The van der Waals surface area contributed by atoms with Crippen molar-refractivity contribution >= 4 is 17.9 Å². The fourth-order valence-corrected chi connectivity index (χ4v) is 7.67. The molecule has 0 heterocycles. The van der Waals surface area contributed by atoms with Crippen molar-refractivity contribution in [2.24, 2.45) is 0 Å². The van der Waals surface area contributed by atoms with Crippen molar-refractivity contribution < 1.29 is 38.8 Å². The fraction of sp³-hybridized carbons (Fsp3) is 0.807. The molecule has 3 unspecified atom stereocenters. The Balaban J connectivity index is 4.49. The number of allylic oxidation sites excluding steroid dienone is 7. The van der Waals surface area contributed by atoms with Crippen LogP contribution in [0.25, 0.3) is 0 Å². The van der Waals surface area contributed by atoms with Gasteiger partial charge in [-0.2, -0.15) is 0 Å². The fourth-order valence-electron chi connectivity index (χ4n) is 7.67. The summed E-state index contributed by atoms with van der Waals surface area (Å²) in [6, 6.07) is 0. The maximum absolute atomic E-state index is 12.8. The van der Waals surface area contributed by atoms with Gasteiger partial charge in [-0.3, -0.25) is 14.4 Å². The lowest BCUT2D eigenvalue weighted by Crippen LogP contribution is -2.30. The molecule has 0 aliphatic carbocycles. The number of rotatable bonds is 49. The molecule has 2 N–H and O–H groups in total. The van der Waals surface area contributed by atoms with Crippen LogP contribution in [0.5, 0.6) is 0 Å². The number of hydrogen-bond donors (Lipinski definition) is 2. The first-order valence-corrected chi connectivity index (χ1v) is 27.3. The number of hydrogen-bond acceptors (Lipinski definition) is 8. The van der Waals surface area contributed by atoms with Crippen molar-refractivity contribution in [3.8, 4) is 0 Å². The van der Waals surface area contributed by atoms with Crippen molar-refractivity contribution in [2.75, 3.05) is 13.2 Å². The van der Waals surface area contributed by atoms with Gasteiger partial charge in [0.1, 0.15) is 13.2 Å². The highest BCUT2D eigenvalue weighted by molar-refractivity contribution is 5.71. The van der Waals surface area contributed by atoms with Crippen LogP contribution in [0.2, 0.25) is 0 Å². The van der Waals surface area contributed by atoms with Crippen LogP contribution in [-0.4, -0.2) is 59.6 Å². The second kappa shape index (κ2) is 50.7. The highest BCUT2D eigenvalue weighted by Gasteiger charge is 2.20. The van der Waals surface area contributed by atoms with E-state index in [1.54, 1.807) is 0 Å². The largest absolute Gasteiger partial charge is 0.462 e. The molecule has 0 saturated heterocycles. The second-order valence-electron chi connectivity index (χ2n) is 18.4. The van der Waals surface area contributed by atoms with E-state index in [-0.39, 0.29) is 37.5 Å². The van der Waals surface area contributed by atoms with E-state index >= 15 is 0 Å². The van der Waals surface area contributed by atoms with Gasteiger partial charge >= 0.3 is 17.9 Å². The molecule has 0 amide bonds. The summed E-state index contributed by atoms with van der Waals surface area (Å²) in [4.78, 5) is 38.1. The molecule has 0 fully saturated rings. The predicted octanol–water partition coefficient (Wildman–Crippen LogP) is 15.8. The first-order valence-electron chi connectivity index (χ1n) is 27.3. The molecule has 0 aromatic heterocycles. The lowest BCUT2D eigenvalue weighted by molar-refractivity contribution is -0.167. The van der Waals surface area contributed by atoms with Gasteiger partial charge in [0.2, 0.25) is 0 Å². The number of ether oxygens (including phenoxy) is 3. The molecule has 0 aromatic rings. The lowest BCUT2D eigenvalue weighted by atomic mass is 10.0. The van der Waals surface area contributed by atoms with Crippen molar-refractivity contribution in [3.63, 3.8) is 0 Å². The molecular weight excluding hydrogens is 813 g/mol. The Morgan fingerprint density at radius 3 is 1.18 bits per heavy atom. The maximum atomic E-state index is 12.8. The van der Waals surface area contributed by atoms with E-state index in [2.05, 4.69) is 63.3 Å². The molecule has 0 radical (unpaired) electrons. The van der Waals surface area contributed by atoms with E-state index in [4.69, 9.17) is 14.2 Å². The number of carbonyl (C=O) groups excluding carboxylic acids is 3. The van der Waals surface area contributed by atoms with E-state index in [9.17, 15) is 24.6 Å². The minimum Gasteiger partial charge on any atom is -0.462 e. The molecule has 0 rings (SSSR count). The van der Waals surface area contributed by atoms with Gasteiger partial charge in [-0.15, -0.1) is 0 Å². The van der Waals surface area contributed by atoms with Crippen LogP contribution in [0.15, 0.2) is 48.6 Å². The molecule has 8 nitrogen and oxygen atoms in total. The first-order chi connectivity index (χ1) is 31.8. The zero-order valence-corrected chi connectivity index (χ0v) is 42.5. The summed E-state index contributed by atoms with van der Waals surface area (Å²) in [6.45, 7) is 6.38. The van der Waals surface area contributed by atoms with Crippen molar-refractivity contribution in [1.82, 2.24) is 0 Å². The molecule has 0 aliphatic rings. The Morgan fingerprint density at radius 1 is 0.385 bits per heavy atom. The number of aliphatic hydroxyl groups is 2. The normalized spacial score (nSPS) is 13.4. The Kier molecular flexibility index (Phi) is 48.6. The van der Waals surface area contributed by atoms with Crippen LogP contribution >= 0.6 is 0 Å². The molecule has 0 aromatic carbocycles. The van der Waals surface area contributed by atoms with E-state index in [0.717, 1.165) is 135 Å². The van der Waals surface area contributed by atoms with Gasteiger partial charge < -0.3 is 24.4 Å². The van der Waals surface area contributed by atoms with E-state index in [1.165, 1.54) is 77.0 Å². The summed E-state index contributed by atoms with van der Waals surface area (Å²) >= 11 is 0. The van der Waals surface area contributed by atoms with Crippen LogP contribution in [0.3, 0.4) is 0 Å². The van der Waals surface area contributed by atoms with Crippen molar-refractivity contribution in [3.05, 3.63) is 48.6 Å². The molecule has 65 heavy (non-hydrogen) atoms. The summed E-state index contributed by atoms with van der Waals surface area (Å²) in [5.41, 5.74) is 0. The third kappa shape index (κ3) is 47.6. The lowest BCUT2D eigenvalue weighted by Gasteiger charge is -2.18. The van der Waals surface area contributed by atoms with Crippen molar-refractivity contribution in [2.45, 2.75) is 283 Å². The molecular formula is C57H102O8. The van der Waals surface area contributed by atoms with Gasteiger partial charge in [0.05, 0.1) is 12.2 Å². The van der Waals surface area contributed by atoms with Gasteiger partial charge in [0.15, 0.2) is 6.10 Å². The molecule has 378 valence electrons. The minimum atomic E-state index is -0.819. The Morgan fingerprint density at radius 2 is 0.723 bits per heavy atom. The van der Waals surface area contributed by atoms with Crippen LogP contribution < -0.4 is 0 Å². The zero-order chi connectivity index (χ0) is 47.5. The highest BCUT2D eigenvalue weighted by Crippen LogP contribution is 2.15. The third-order valence-corrected chi connectivity index (χ3v) is 12.0. The van der Waals surface area contributed by atoms with Gasteiger partial charge in [-0.1, -0.05) is 191 Å². The van der Waals surface area contributed by atoms with Crippen molar-refractivity contribution in [1.29, 1.82) is 0 Å².